The van der Waals surface area contributed by atoms with Crippen molar-refractivity contribution in [1.82, 2.24) is 10.2 Å². The maximum Gasteiger partial charge on any atom is 0.248 e. The molecule has 2 rings (SSSR count). The van der Waals surface area contributed by atoms with E-state index in [9.17, 15) is 14.4 Å². The van der Waals surface area contributed by atoms with Gasteiger partial charge in [-0.3, -0.25) is 19.3 Å². The van der Waals surface area contributed by atoms with Gasteiger partial charge in [-0.15, -0.1) is 0 Å². The van der Waals surface area contributed by atoms with Crippen molar-refractivity contribution in [3.05, 3.63) is 35.9 Å². The first-order valence-corrected chi connectivity index (χ1v) is 7.34. The molecule has 0 aromatic heterocycles. The van der Waals surface area contributed by atoms with Crippen LogP contribution in [0.2, 0.25) is 0 Å². The second kappa shape index (κ2) is 7.70. The van der Waals surface area contributed by atoms with Crippen LogP contribution in [-0.2, 0) is 25.7 Å². The lowest BCUT2D eigenvalue weighted by molar-refractivity contribution is -0.139. The second-order valence-corrected chi connectivity index (χ2v) is 5.17. The number of rotatable bonds is 7. The Bertz CT molecular complexity index is 528. The highest BCUT2D eigenvalue weighted by Crippen LogP contribution is 2.10. The molecule has 0 radical (unpaired) electrons. The molecule has 1 heterocycles. The van der Waals surface area contributed by atoms with E-state index in [-0.39, 0.29) is 43.7 Å². The number of imide groups is 1. The van der Waals surface area contributed by atoms with Crippen molar-refractivity contribution in [2.45, 2.75) is 32.5 Å². The van der Waals surface area contributed by atoms with Crippen LogP contribution in [0, 0.1) is 0 Å². The van der Waals surface area contributed by atoms with Crippen LogP contribution in [0.15, 0.2) is 30.3 Å². The smallest absolute Gasteiger partial charge is 0.248 e. The van der Waals surface area contributed by atoms with E-state index >= 15 is 0 Å². The molecular weight excluding hydrogens is 284 g/mol. The molecule has 22 heavy (non-hydrogen) atoms. The molecule has 1 fully saturated rings. The molecule has 3 amide bonds. The number of hydrogen-bond acceptors (Lipinski definition) is 4. The van der Waals surface area contributed by atoms with Crippen molar-refractivity contribution >= 4 is 17.7 Å². The van der Waals surface area contributed by atoms with Gasteiger partial charge in [-0.1, -0.05) is 30.3 Å². The monoisotopic (exact) mass is 304 g/mol. The van der Waals surface area contributed by atoms with Crippen LogP contribution in [-0.4, -0.2) is 41.8 Å². The average molecular weight is 304 g/mol. The van der Waals surface area contributed by atoms with Gasteiger partial charge < -0.3 is 10.1 Å². The van der Waals surface area contributed by atoms with E-state index in [1.54, 1.807) is 6.92 Å². The van der Waals surface area contributed by atoms with Gasteiger partial charge in [-0.2, -0.15) is 0 Å². The number of amides is 3. The van der Waals surface area contributed by atoms with Gasteiger partial charge in [0.1, 0.15) is 6.10 Å². The van der Waals surface area contributed by atoms with Gasteiger partial charge >= 0.3 is 0 Å². The normalized spacial score (nSPS) is 16.0. The number of nitrogens with one attached hydrogen (secondary N) is 1. The third-order valence-electron chi connectivity index (χ3n) is 3.50. The Balaban J connectivity index is 1.68. The van der Waals surface area contributed by atoms with Crippen LogP contribution in [0.3, 0.4) is 0 Å². The van der Waals surface area contributed by atoms with Gasteiger partial charge in [0.2, 0.25) is 17.7 Å². The van der Waals surface area contributed by atoms with Gasteiger partial charge in [0.05, 0.1) is 6.61 Å². The lowest BCUT2D eigenvalue weighted by Crippen LogP contribution is -2.41. The Morgan fingerprint density at radius 3 is 2.50 bits per heavy atom. The predicted octanol–water partition coefficient (Wildman–Crippen LogP) is 0.857. The summed E-state index contributed by atoms with van der Waals surface area (Å²) in [7, 11) is 0. The van der Waals surface area contributed by atoms with Crippen LogP contribution in [0.1, 0.15) is 25.3 Å². The van der Waals surface area contributed by atoms with E-state index in [0.29, 0.717) is 6.61 Å². The van der Waals surface area contributed by atoms with Crippen molar-refractivity contribution in [1.29, 1.82) is 0 Å². The molecule has 1 aliphatic heterocycles. The van der Waals surface area contributed by atoms with Crippen LogP contribution in [0.25, 0.3) is 0 Å². The standard InChI is InChI=1S/C16H20N2O4/c1-12(22-11-13-5-3-2-4-6-13)16(21)17-9-10-18-14(19)7-8-15(18)20/h2-6,12H,7-11H2,1H3,(H,17,21). The minimum atomic E-state index is -0.592. The molecule has 1 N–H and O–H groups in total. The molecule has 1 aromatic carbocycles. The fourth-order valence-corrected chi connectivity index (χ4v) is 2.18. The molecule has 0 bridgehead atoms. The third kappa shape index (κ3) is 4.39. The highest BCUT2D eigenvalue weighted by molar-refractivity contribution is 6.01. The van der Waals surface area contributed by atoms with E-state index < -0.39 is 6.10 Å². The Morgan fingerprint density at radius 1 is 1.23 bits per heavy atom. The molecule has 1 aromatic rings. The van der Waals surface area contributed by atoms with Crippen LogP contribution < -0.4 is 5.32 Å². The fourth-order valence-electron chi connectivity index (χ4n) is 2.18. The Kier molecular flexibility index (Phi) is 5.66. The van der Waals surface area contributed by atoms with Gasteiger partial charge in [0.25, 0.3) is 0 Å². The number of hydrogen-bond donors (Lipinski definition) is 1. The summed E-state index contributed by atoms with van der Waals surface area (Å²) in [4.78, 5) is 35.9. The first kappa shape index (κ1) is 16.2. The second-order valence-electron chi connectivity index (χ2n) is 5.17. The summed E-state index contributed by atoms with van der Waals surface area (Å²) in [6.07, 6.45) is -0.0580. The van der Waals surface area contributed by atoms with Crippen molar-refractivity contribution in [3.63, 3.8) is 0 Å². The first-order chi connectivity index (χ1) is 10.6. The highest BCUT2D eigenvalue weighted by atomic mass is 16.5. The number of benzene rings is 1. The van der Waals surface area contributed by atoms with Crippen LogP contribution in [0.5, 0.6) is 0 Å². The molecular formula is C16H20N2O4. The van der Waals surface area contributed by atoms with Crippen molar-refractivity contribution in [3.8, 4) is 0 Å². The predicted molar refractivity (Wildman–Crippen MR) is 79.7 cm³/mol. The minimum Gasteiger partial charge on any atom is -0.364 e. The number of carbonyl (C=O) groups excluding carboxylic acids is 3. The zero-order valence-electron chi connectivity index (χ0n) is 12.6. The number of likely N-dealkylation sites (tertiary alicyclic amines) is 1. The Labute approximate surface area is 129 Å². The fraction of sp³-hybridized carbons (Fsp3) is 0.438. The van der Waals surface area contributed by atoms with E-state index in [0.717, 1.165) is 5.56 Å². The highest BCUT2D eigenvalue weighted by Gasteiger charge is 2.28. The summed E-state index contributed by atoms with van der Waals surface area (Å²) in [6.45, 7) is 2.49. The molecule has 0 spiro atoms. The maximum atomic E-state index is 11.9. The van der Waals surface area contributed by atoms with Gasteiger partial charge in [0.15, 0.2) is 0 Å². The van der Waals surface area contributed by atoms with E-state index in [4.69, 9.17) is 4.74 Å². The summed E-state index contributed by atoms with van der Waals surface area (Å²) in [5.41, 5.74) is 0.996. The Morgan fingerprint density at radius 2 is 1.86 bits per heavy atom. The molecule has 1 atom stereocenters. The quantitative estimate of drug-likeness (QED) is 0.758. The first-order valence-electron chi connectivity index (χ1n) is 7.34. The van der Waals surface area contributed by atoms with Gasteiger partial charge in [-0.05, 0) is 12.5 Å². The van der Waals surface area contributed by atoms with Gasteiger partial charge in [-0.25, -0.2) is 0 Å². The molecule has 0 aliphatic carbocycles. The molecule has 6 heteroatoms. The summed E-state index contributed by atoms with van der Waals surface area (Å²) < 4.78 is 5.50. The molecule has 1 saturated heterocycles. The van der Waals surface area contributed by atoms with Crippen LogP contribution >= 0.6 is 0 Å². The molecule has 6 nitrogen and oxygen atoms in total. The van der Waals surface area contributed by atoms with Crippen LogP contribution in [0.4, 0.5) is 0 Å². The third-order valence-corrected chi connectivity index (χ3v) is 3.50. The largest absolute Gasteiger partial charge is 0.364 e. The summed E-state index contributed by atoms with van der Waals surface area (Å²) in [5.74, 6) is -0.602. The lowest BCUT2D eigenvalue weighted by atomic mass is 10.2. The van der Waals surface area contributed by atoms with Gasteiger partial charge in [0, 0.05) is 25.9 Å². The zero-order chi connectivity index (χ0) is 15.9. The van der Waals surface area contributed by atoms with E-state index in [1.165, 1.54) is 4.90 Å². The lowest BCUT2D eigenvalue weighted by Gasteiger charge is -2.16. The van der Waals surface area contributed by atoms with Crippen molar-refractivity contribution < 1.29 is 19.1 Å². The van der Waals surface area contributed by atoms with Crippen molar-refractivity contribution in [2.75, 3.05) is 13.1 Å². The SMILES string of the molecule is CC(OCc1ccccc1)C(=O)NCCN1C(=O)CCC1=O. The number of ether oxygens (including phenoxy) is 1. The van der Waals surface area contributed by atoms with E-state index in [1.807, 2.05) is 30.3 Å². The molecule has 1 unspecified atom stereocenters. The average Bonchev–Trinajstić information content (AvgIpc) is 2.85. The summed E-state index contributed by atoms with van der Waals surface area (Å²) in [5, 5.41) is 2.68. The Hall–Kier alpha value is -2.21. The summed E-state index contributed by atoms with van der Waals surface area (Å²) >= 11 is 0. The molecule has 0 saturated carbocycles. The van der Waals surface area contributed by atoms with E-state index in [2.05, 4.69) is 5.32 Å². The minimum absolute atomic E-state index is 0.173. The topological polar surface area (TPSA) is 75.7 Å². The number of nitrogens with zero attached hydrogens (tertiary/aromatic N) is 1. The zero-order valence-corrected chi connectivity index (χ0v) is 12.6. The van der Waals surface area contributed by atoms with Crippen molar-refractivity contribution in [2.24, 2.45) is 0 Å². The maximum absolute atomic E-state index is 11.9. The molecule has 1 aliphatic rings. The number of carbonyl (C=O) groups is 3. The summed E-state index contributed by atoms with van der Waals surface area (Å²) in [6, 6.07) is 9.59. The molecule has 118 valence electrons.